The highest BCUT2D eigenvalue weighted by atomic mass is 32.2. The summed E-state index contributed by atoms with van der Waals surface area (Å²) in [6.45, 7) is 4.66. The molecule has 0 spiro atoms. The molecule has 1 aliphatic heterocycles. The molecule has 0 radical (unpaired) electrons. The van der Waals surface area contributed by atoms with Crippen LogP contribution in [0.5, 0.6) is 0 Å². The van der Waals surface area contributed by atoms with Gasteiger partial charge in [-0.3, -0.25) is 4.79 Å². The first kappa shape index (κ1) is 20.0. The third-order valence-electron chi connectivity index (χ3n) is 5.08. The van der Waals surface area contributed by atoms with Gasteiger partial charge in [-0.25, -0.2) is 8.42 Å². The summed E-state index contributed by atoms with van der Waals surface area (Å²) in [7, 11) is -1.58. The monoisotopic (exact) mass is 408 g/mol. The van der Waals surface area contributed by atoms with Gasteiger partial charge in [0.15, 0.2) is 6.04 Å². The molecule has 3 rings (SSSR count). The number of nitrogens with one attached hydrogen (secondary N) is 1. The number of hydrogen-bond acceptors (Lipinski definition) is 4. The van der Waals surface area contributed by atoms with Crippen LogP contribution in [0.3, 0.4) is 0 Å². The lowest BCUT2D eigenvalue weighted by atomic mass is 10.2. The maximum absolute atomic E-state index is 12.8. The third kappa shape index (κ3) is 4.57. The molecule has 6 nitrogen and oxygen atoms in total. The van der Waals surface area contributed by atoms with Crippen molar-refractivity contribution >= 4 is 27.3 Å². The molecule has 1 aliphatic rings. The zero-order valence-electron chi connectivity index (χ0n) is 15.7. The van der Waals surface area contributed by atoms with Crippen molar-refractivity contribution in [2.24, 2.45) is 0 Å². The molecule has 1 aromatic carbocycles. The Balaban J connectivity index is 1.56. The first-order valence-corrected chi connectivity index (χ1v) is 11.4. The molecule has 1 aromatic heterocycles. The Hall–Kier alpha value is -1.74. The lowest BCUT2D eigenvalue weighted by Crippen LogP contribution is -3.19. The molecule has 1 saturated heterocycles. The molecule has 1 fully saturated rings. The van der Waals surface area contributed by atoms with Gasteiger partial charge < -0.3 is 9.80 Å². The number of piperazine rings is 1. The smallest absolute Gasteiger partial charge is 0.280 e. The average molecular weight is 409 g/mol. The molecule has 146 valence electrons. The molecule has 2 aromatic rings. The lowest BCUT2D eigenvalue weighted by molar-refractivity contribution is -0.918. The predicted molar refractivity (Wildman–Crippen MR) is 106 cm³/mol. The molecule has 0 saturated carbocycles. The van der Waals surface area contributed by atoms with Crippen molar-refractivity contribution in [3.8, 4) is 0 Å². The number of carbonyl (C=O) groups excluding carboxylic acids is 1. The summed E-state index contributed by atoms with van der Waals surface area (Å²) in [5.41, 5.74) is 1.10. The molecule has 2 heterocycles. The van der Waals surface area contributed by atoms with Crippen LogP contribution < -0.4 is 4.90 Å². The van der Waals surface area contributed by atoms with Gasteiger partial charge in [0.05, 0.1) is 26.2 Å². The zero-order valence-corrected chi connectivity index (χ0v) is 17.3. The number of benzene rings is 1. The maximum atomic E-state index is 12.8. The van der Waals surface area contributed by atoms with E-state index in [1.54, 1.807) is 22.4 Å². The molecular formula is C19H26N3O3S2+. The van der Waals surface area contributed by atoms with Crippen LogP contribution in [-0.4, -0.2) is 62.8 Å². The van der Waals surface area contributed by atoms with Crippen LogP contribution in [0, 0.1) is 0 Å². The molecule has 0 aliphatic carbocycles. The maximum Gasteiger partial charge on any atom is 0.280 e. The number of rotatable bonds is 6. The van der Waals surface area contributed by atoms with Crippen LogP contribution in [-0.2, 0) is 21.4 Å². The quantitative estimate of drug-likeness (QED) is 0.765. The van der Waals surface area contributed by atoms with Gasteiger partial charge in [0, 0.05) is 13.6 Å². The van der Waals surface area contributed by atoms with Crippen molar-refractivity contribution in [1.29, 1.82) is 0 Å². The predicted octanol–water partition coefficient (Wildman–Crippen LogP) is 0.684. The van der Waals surface area contributed by atoms with E-state index in [0.29, 0.717) is 36.9 Å². The van der Waals surface area contributed by atoms with Crippen molar-refractivity contribution < 1.29 is 18.1 Å². The van der Waals surface area contributed by atoms with Crippen LogP contribution in [0.25, 0.3) is 0 Å². The van der Waals surface area contributed by atoms with E-state index in [0.717, 1.165) is 10.5 Å². The van der Waals surface area contributed by atoms with Gasteiger partial charge in [0.2, 0.25) is 0 Å². The van der Waals surface area contributed by atoms with E-state index >= 15 is 0 Å². The number of quaternary nitrogens is 1. The second-order valence-corrected chi connectivity index (χ2v) is 10.0. The Morgan fingerprint density at radius 2 is 1.85 bits per heavy atom. The normalized spacial score (nSPS) is 17.6. The minimum Gasteiger partial charge on any atom is -0.336 e. The first-order chi connectivity index (χ1) is 12.9. The number of likely N-dealkylation sites (N-methyl/N-ethyl adjacent to an activating group) is 1. The summed E-state index contributed by atoms with van der Waals surface area (Å²) in [5.74, 6) is 0.0865. The van der Waals surface area contributed by atoms with E-state index in [2.05, 4.69) is 0 Å². The summed E-state index contributed by atoms with van der Waals surface area (Å²) in [6.07, 6.45) is 0. The lowest BCUT2D eigenvalue weighted by Gasteiger charge is -2.35. The number of amides is 1. The second kappa shape index (κ2) is 8.52. The Kier molecular flexibility index (Phi) is 6.31. The van der Waals surface area contributed by atoms with Crippen LogP contribution in [0.4, 0.5) is 0 Å². The highest BCUT2D eigenvalue weighted by Crippen LogP contribution is 2.20. The van der Waals surface area contributed by atoms with Crippen molar-refractivity contribution in [3.63, 3.8) is 0 Å². The summed E-state index contributed by atoms with van der Waals surface area (Å²) < 4.78 is 27.2. The van der Waals surface area contributed by atoms with Crippen LogP contribution in [0.1, 0.15) is 12.5 Å². The molecule has 0 bridgehead atoms. The van der Waals surface area contributed by atoms with Gasteiger partial charge in [-0.2, -0.15) is 4.31 Å². The molecule has 8 heteroatoms. The van der Waals surface area contributed by atoms with Crippen molar-refractivity contribution in [2.45, 2.75) is 23.7 Å². The van der Waals surface area contributed by atoms with Crippen molar-refractivity contribution in [3.05, 3.63) is 53.4 Å². The standard InChI is InChI=1S/C19H25N3O3S2/c1-16(19(23)20(2)15-17-7-4-3-5-8-17)21-10-12-22(13-11-21)27(24,25)18-9-6-14-26-18/h3-9,14,16H,10-13,15H2,1-2H3/p+1/t16-/m0/s1. The molecule has 0 unspecified atom stereocenters. The van der Waals surface area contributed by atoms with Gasteiger partial charge in [0.25, 0.3) is 15.9 Å². The Morgan fingerprint density at radius 1 is 1.19 bits per heavy atom. The van der Waals surface area contributed by atoms with Crippen molar-refractivity contribution in [1.82, 2.24) is 9.21 Å². The van der Waals surface area contributed by atoms with E-state index in [-0.39, 0.29) is 11.9 Å². The molecule has 1 amide bonds. The summed E-state index contributed by atoms with van der Waals surface area (Å²) in [4.78, 5) is 15.7. The molecule has 1 N–H and O–H groups in total. The fraction of sp³-hybridized carbons (Fsp3) is 0.421. The van der Waals surface area contributed by atoms with Gasteiger partial charge in [-0.05, 0) is 23.9 Å². The number of thiophene rings is 1. The number of hydrogen-bond donors (Lipinski definition) is 1. The topological polar surface area (TPSA) is 62.1 Å². The molecular weight excluding hydrogens is 382 g/mol. The van der Waals surface area contributed by atoms with Gasteiger partial charge in [0.1, 0.15) is 4.21 Å². The number of sulfonamides is 1. The minimum absolute atomic E-state index is 0.0865. The molecule has 1 atom stereocenters. The van der Waals surface area contributed by atoms with Gasteiger partial charge in [-0.15, -0.1) is 11.3 Å². The first-order valence-electron chi connectivity index (χ1n) is 9.06. The fourth-order valence-electron chi connectivity index (χ4n) is 3.42. The van der Waals surface area contributed by atoms with Gasteiger partial charge in [-0.1, -0.05) is 36.4 Å². The van der Waals surface area contributed by atoms with Gasteiger partial charge >= 0.3 is 0 Å². The van der Waals surface area contributed by atoms with E-state index in [4.69, 9.17) is 0 Å². The summed E-state index contributed by atoms with van der Waals surface area (Å²) in [5, 5.41) is 1.78. The number of nitrogens with zero attached hydrogens (tertiary/aromatic N) is 2. The van der Waals surface area contributed by atoms with Crippen LogP contribution >= 0.6 is 11.3 Å². The Labute approximate surface area is 165 Å². The largest absolute Gasteiger partial charge is 0.336 e. The van der Waals surface area contributed by atoms with Crippen LogP contribution in [0.2, 0.25) is 0 Å². The Bertz CT molecular complexity index is 846. The summed E-state index contributed by atoms with van der Waals surface area (Å²) in [6, 6.07) is 13.1. The minimum atomic E-state index is -3.40. The second-order valence-electron chi connectivity index (χ2n) is 6.90. The van der Waals surface area contributed by atoms with E-state index in [1.807, 2.05) is 44.3 Å². The highest BCUT2D eigenvalue weighted by Gasteiger charge is 2.35. The average Bonchev–Trinajstić information content (AvgIpc) is 3.23. The number of carbonyl (C=O) groups is 1. The van der Waals surface area contributed by atoms with E-state index < -0.39 is 10.0 Å². The van der Waals surface area contributed by atoms with E-state index in [9.17, 15) is 13.2 Å². The summed E-state index contributed by atoms with van der Waals surface area (Å²) >= 11 is 1.24. The third-order valence-corrected chi connectivity index (χ3v) is 8.35. The molecule has 27 heavy (non-hydrogen) atoms. The SMILES string of the molecule is C[C@@H](C(=O)N(C)Cc1ccccc1)[NH+]1CCN(S(=O)(=O)c2cccs2)CC1. The fourth-order valence-corrected chi connectivity index (χ4v) is 6.01. The zero-order chi connectivity index (χ0) is 19.4. The Morgan fingerprint density at radius 3 is 2.44 bits per heavy atom. The van der Waals surface area contributed by atoms with E-state index in [1.165, 1.54) is 15.6 Å². The van der Waals surface area contributed by atoms with Crippen LogP contribution in [0.15, 0.2) is 52.1 Å². The van der Waals surface area contributed by atoms with Crippen molar-refractivity contribution in [2.75, 3.05) is 33.2 Å². The highest BCUT2D eigenvalue weighted by molar-refractivity contribution is 7.91.